The number of fused-ring (bicyclic) bond motifs is 1. The largest absolute Gasteiger partial charge is 0.444 e. The Balaban J connectivity index is 2.04. The third-order valence-corrected chi connectivity index (χ3v) is 4.49. The molecule has 0 bridgehead atoms. The minimum absolute atomic E-state index is 0.111. The SMILES string of the molecule is CC(C)(C)OC(=O)N1CC(N)C2CSCCC21. The number of thioether (sulfide) groups is 1. The molecule has 0 aliphatic carbocycles. The van der Waals surface area contributed by atoms with Crippen molar-refractivity contribution in [2.75, 3.05) is 18.1 Å². The molecule has 2 aliphatic rings. The van der Waals surface area contributed by atoms with E-state index in [1.54, 1.807) is 0 Å². The molecule has 0 aromatic carbocycles. The number of nitrogens with zero attached hydrogens (tertiary/aromatic N) is 1. The fourth-order valence-corrected chi connectivity index (χ4v) is 3.89. The lowest BCUT2D eigenvalue weighted by Crippen LogP contribution is -2.43. The molecule has 2 aliphatic heterocycles. The molecular formula is C12H22N2O2S. The van der Waals surface area contributed by atoms with Crippen molar-refractivity contribution >= 4 is 17.9 Å². The lowest BCUT2D eigenvalue weighted by Gasteiger charge is -2.32. The van der Waals surface area contributed by atoms with Crippen LogP contribution in [-0.2, 0) is 4.74 Å². The van der Waals surface area contributed by atoms with Crippen LogP contribution in [0.3, 0.4) is 0 Å². The van der Waals surface area contributed by atoms with Gasteiger partial charge in [-0.15, -0.1) is 0 Å². The Morgan fingerprint density at radius 1 is 1.47 bits per heavy atom. The van der Waals surface area contributed by atoms with Gasteiger partial charge in [0.1, 0.15) is 5.60 Å². The highest BCUT2D eigenvalue weighted by molar-refractivity contribution is 7.99. The third kappa shape index (κ3) is 2.88. The second-order valence-corrected chi connectivity index (χ2v) is 7.04. The number of likely N-dealkylation sites (tertiary alicyclic amines) is 1. The van der Waals surface area contributed by atoms with Crippen LogP contribution >= 0.6 is 11.8 Å². The highest BCUT2D eigenvalue weighted by Crippen LogP contribution is 2.35. The highest BCUT2D eigenvalue weighted by Gasteiger charge is 2.44. The molecule has 0 saturated carbocycles. The van der Waals surface area contributed by atoms with Crippen molar-refractivity contribution in [2.45, 2.75) is 44.9 Å². The van der Waals surface area contributed by atoms with Crippen LogP contribution in [0, 0.1) is 5.92 Å². The quantitative estimate of drug-likeness (QED) is 0.718. The molecule has 4 nitrogen and oxygen atoms in total. The molecule has 5 heteroatoms. The molecule has 0 aromatic heterocycles. The number of hydrogen-bond donors (Lipinski definition) is 1. The smallest absolute Gasteiger partial charge is 0.410 e. The summed E-state index contributed by atoms with van der Waals surface area (Å²) >= 11 is 1.94. The van der Waals surface area contributed by atoms with Crippen molar-refractivity contribution < 1.29 is 9.53 Å². The number of amides is 1. The van der Waals surface area contributed by atoms with E-state index in [1.807, 2.05) is 37.4 Å². The molecule has 1 amide bonds. The van der Waals surface area contributed by atoms with Gasteiger partial charge >= 0.3 is 6.09 Å². The molecule has 2 fully saturated rings. The summed E-state index contributed by atoms with van der Waals surface area (Å²) in [4.78, 5) is 14.0. The third-order valence-electron chi connectivity index (χ3n) is 3.35. The van der Waals surface area contributed by atoms with Gasteiger partial charge in [0, 0.05) is 24.5 Å². The lowest BCUT2D eigenvalue weighted by atomic mass is 9.97. The van der Waals surface area contributed by atoms with Crippen molar-refractivity contribution in [1.29, 1.82) is 0 Å². The zero-order valence-electron chi connectivity index (χ0n) is 10.8. The number of hydrogen-bond acceptors (Lipinski definition) is 4. The van der Waals surface area contributed by atoms with Crippen molar-refractivity contribution in [3.05, 3.63) is 0 Å². The standard InChI is InChI=1S/C12H22N2O2S/c1-12(2,3)16-11(15)14-6-9(13)8-7-17-5-4-10(8)14/h8-10H,4-7,13H2,1-3H3. The summed E-state index contributed by atoms with van der Waals surface area (Å²) in [6.45, 7) is 6.34. The Morgan fingerprint density at radius 2 is 2.18 bits per heavy atom. The molecule has 17 heavy (non-hydrogen) atoms. The maximum atomic E-state index is 12.1. The summed E-state index contributed by atoms with van der Waals surface area (Å²) < 4.78 is 5.44. The van der Waals surface area contributed by atoms with Crippen LogP contribution < -0.4 is 5.73 Å². The maximum absolute atomic E-state index is 12.1. The zero-order chi connectivity index (χ0) is 12.6. The molecule has 3 unspecified atom stereocenters. The number of nitrogens with two attached hydrogens (primary N) is 1. The summed E-state index contributed by atoms with van der Waals surface area (Å²) in [6, 6.07) is 0.404. The van der Waals surface area contributed by atoms with Crippen LogP contribution in [0.5, 0.6) is 0 Å². The van der Waals surface area contributed by atoms with Crippen LogP contribution in [0.25, 0.3) is 0 Å². The molecule has 0 radical (unpaired) electrons. The Kier molecular flexibility index (Phi) is 3.59. The van der Waals surface area contributed by atoms with Crippen molar-refractivity contribution in [3.8, 4) is 0 Å². The van der Waals surface area contributed by atoms with Crippen LogP contribution in [0.15, 0.2) is 0 Å². The van der Waals surface area contributed by atoms with Crippen LogP contribution in [0.1, 0.15) is 27.2 Å². The first kappa shape index (κ1) is 13.0. The van der Waals surface area contributed by atoms with Gasteiger partial charge in [-0.05, 0) is 38.7 Å². The lowest BCUT2D eigenvalue weighted by molar-refractivity contribution is 0.0207. The van der Waals surface area contributed by atoms with Gasteiger partial charge in [0.25, 0.3) is 0 Å². The van der Waals surface area contributed by atoms with E-state index in [2.05, 4.69) is 0 Å². The van der Waals surface area contributed by atoms with E-state index in [9.17, 15) is 4.79 Å². The van der Waals surface area contributed by atoms with Crippen molar-refractivity contribution in [3.63, 3.8) is 0 Å². The Hall–Kier alpha value is -0.420. The normalized spacial score (nSPS) is 33.4. The minimum Gasteiger partial charge on any atom is -0.444 e. The number of ether oxygens (including phenoxy) is 1. The summed E-state index contributed by atoms with van der Waals surface area (Å²) in [5.41, 5.74) is 5.69. The van der Waals surface area contributed by atoms with Gasteiger partial charge in [0.05, 0.1) is 0 Å². The molecule has 0 spiro atoms. The molecule has 98 valence electrons. The van der Waals surface area contributed by atoms with Crippen LogP contribution in [0.4, 0.5) is 4.79 Å². The first-order valence-corrected chi connectivity index (χ1v) is 7.37. The van der Waals surface area contributed by atoms with E-state index in [-0.39, 0.29) is 12.1 Å². The first-order chi connectivity index (χ1) is 7.88. The topological polar surface area (TPSA) is 55.6 Å². The van der Waals surface area contributed by atoms with Crippen LogP contribution in [0.2, 0.25) is 0 Å². The molecule has 0 aromatic rings. The van der Waals surface area contributed by atoms with Crippen molar-refractivity contribution in [2.24, 2.45) is 11.7 Å². The average molecular weight is 258 g/mol. The number of carbonyl (C=O) groups is 1. The van der Waals surface area contributed by atoms with E-state index < -0.39 is 5.60 Å². The van der Waals surface area contributed by atoms with Gasteiger partial charge in [-0.1, -0.05) is 0 Å². The van der Waals surface area contributed by atoms with E-state index in [0.29, 0.717) is 18.5 Å². The molecule has 2 rings (SSSR count). The van der Waals surface area contributed by atoms with Gasteiger partial charge in [-0.2, -0.15) is 11.8 Å². The minimum atomic E-state index is -0.428. The Morgan fingerprint density at radius 3 is 2.82 bits per heavy atom. The van der Waals surface area contributed by atoms with Gasteiger partial charge in [0.15, 0.2) is 0 Å². The fraction of sp³-hybridized carbons (Fsp3) is 0.917. The van der Waals surface area contributed by atoms with Gasteiger partial charge in [0.2, 0.25) is 0 Å². The van der Waals surface area contributed by atoms with E-state index in [4.69, 9.17) is 10.5 Å². The predicted octanol–water partition coefficient (Wildman–Crippen LogP) is 1.69. The van der Waals surface area contributed by atoms with E-state index >= 15 is 0 Å². The Labute approximate surface area is 107 Å². The fourth-order valence-electron chi connectivity index (χ4n) is 2.57. The van der Waals surface area contributed by atoms with Crippen LogP contribution in [-0.4, -0.2) is 46.7 Å². The molecule has 2 N–H and O–H groups in total. The first-order valence-electron chi connectivity index (χ1n) is 6.21. The predicted molar refractivity (Wildman–Crippen MR) is 70.1 cm³/mol. The highest BCUT2D eigenvalue weighted by atomic mass is 32.2. The van der Waals surface area contributed by atoms with Gasteiger partial charge < -0.3 is 15.4 Å². The number of carbonyl (C=O) groups excluding carboxylic acids is 1. The second-order valence-electron chi connectivity index (χ2n) is 5.89. The summed E-state index contributed by atoms with van der Waals surface area (Å²) in [5.74, 6) is 2.64. The maximum Gasteiger partial charge on any atom is 0.410 e. The molecular weight excluding hydrogens is 236 g/mol. The van der Waals surface area contributed by atoms with E-state index in [1.165, 1.54) is 0 Å². The summed E-state index contributed by atoms with van der Waals surface area (Å²) in [7, 11) is 0. The van der Waals surface area contributed by atoms with E-state index in [0.717, 1.165) is 17.9 Å². The summed E-state index contributed by atoms with van der Waals surface area (Å²) in [6.07, 6.45) is 0.842. The van der Waals surface area contributed by atoms with Gasteiger partial charge in [-0.25, -0.2) is 4.79 Å². The average Bonchev–Trinajstić information content (AvgIpc) is 2.55. The molecule has 2 heterocycles. The second kappa shape index (κ2) is 4.69. The molecule has 2 saturated heterocycles. The van der Waals surface area contributed by atoms with Crippen molar-refractivity contribution in [1.82, 2.24) is 4.90 Å². The zero-order valence-corrected chi connectivity index (χ0v) is 11.6. The summed E-state index contributed by atoms with van der Waals surface area (Å²) in [5, 5.41) is 0. The number of rotatable bonds is 0. The molecule has 3 atom stereocenters. The van der Waals surface area contributed by atoms with Gasteiger partial charge in [-0.3, -0.25) is 0 Å². The Bertz CT molecular complexity index is 303. The monoisotopic (exact) mass is 258 g/mol.